The summed E-state index contributed by atoms with van der Waals surface area (Å²) in [6.07, 6.45) is 2.58. The van der Waals surface area contributed by atoms with Crippen LogP contribution in [-0.2, 0) is 4.84 Å². The number of nitrogens with zero attached hydrogens (tertiary/aromatic N) is 3. The maximum atomic E-state index is 12.1. The van der Waals surface area contributed by atoms with Gasteiger partial charge in [0, 0.05) is 6.20 Å². The van der Waals surface area contributed by atoms with E-state index in [-0.39, 0.29) is 5.91 Å². The number of rotatable bonds is 2. The Morgan fingerprint density at radius 3 is 2.89 bits per heavy atom. The van der Waals surface area contributed by atoms with E-state index < -0.39 is 0 Å². The highest BCUT2D eigenvalue weighted by molar-refractivity contribution is 5.91. The SMILES string of the molecule is Nc1ccccc1-n1ccc(C(=O)N2CCCO2)n1. The first-order chi connectivity index (χ1) is 9.25. The van der Waals surface area contributed by atoms with E-state index in [9.17, 15) is 4.79 Å². The smallest absolute Gasteiger partial charge is 0.297 e. The molecule has 0 bridgehead atoms. The topological polar surface area (TPSA) is 73.4 Å². The van der Waals surface area contributed by atoms with Crippen LogP contribution in [0.15, 0.2) is 36.5 Å². The van der Waals surface area contributed by atoms with E-state index >= 15 is 0 Å². The molecule has 6 nitrogen and oxygen atoms in total. The van der Waals surface area contributed by atoms with Crippen molar-refractivity contribution in [2.45, 2.75) is 6.42 Å². The molecule has 0 saturated carbocycles. The van der Waals surface area contributed by atoms with E-state index in [1.807, 2.05) is 18.2 Å². The van der Waals surface area contributed by atoms with E-state index in [1.165, 1.54) is 5.06 Å². The third-order valence-electron chi connectivity index (χ3n) is 2.97. The van der Waals surface area contributed by atoms with E-state index in [0.29, 0.717) is 24.5 Å². The van der Waals surface area contributed by atoms with Crippen LogP contribution < -0.4 is 5.73 Å². The first-order valence-electron chi connectivity index (χ1n) is 6.11. The lowest BCUT2D eigenvalue weighted by Gasteiger charge is -2.11. The van der Waals surface area contributed by atoms with Gasteiger partial charge in [-0.05, 0) is 24.6 Å². The van der Waals surface area contributed by atoms with Crippen molar-refractivity contribution < 1.29 is 9.63 Å². The molecule has 1 fully saturated rings. The van der Waals surface area contributed by atoms with Crippen LogP contribution in [0, 0.1) is 0 Å². The van der Waals surface area contributed by atoms with Gasteiger partial charge in [0.25, 0.3) is 5.91 Å². The Balaban J connectivity index is 1.87. The Bertz CT molecular complexity index is 602. The molecule has 3 rings (SSSR count). The van der Waals surface area contributed by atoms with Gasteiger partial charge in [0.1, 0.15) is 0 Å². The van der Waals surface area contributed by atoms with Crippen LogP contribution in [0.2, 0.25) is 0 Å². The fourth-order valence-corrected chi connectivity index (χ4v) is 2.00. The Labute approximate surface area is 110 Å². The summed E-state index contributed by atoms with van der Waals surface area (Å²) >= 11 is 0. The summed E-state index contributed by atoms with van der Waals surface area (Å²) in [5.41, 5.74) is 7.60. The molecular weight excluding hydrogens is 244 g/mol. The quantitative estimate of drug-likeness (QED) is 0.822. The average molecular weight is 258 g/mol. The van der Waals surface area contributed by atoms with Crippen LogP contribution in [0.4, 0.5) is 5.69 Å². The molecule has 98 valence electrons. The standard InChI is InChI=1S/C13H14N4O2/c14-10-4-1-2-5-12(10)16-8-6-11(15-16)13(18)17-7-3-9-19-17/h1-2,4-6,8H,3,7,9,14H2. The van der Waals surface area contributed by atoms with Crippen LogP contribution in [0.1, 0.15) is 16.9 Å². The van der Waals surface area contributed by atoms with Crippen LogP contribution >= 0.6 is 0 Å². The molecule has 1 amide bonds. The summed E-state index contributed by atoms with van der Waals surface area (Å²) < 4.78 is 1.60. The summed E-state index contributed by atoms with van der Waals surface area (Å²) in [5, 5.41) is 5.60. The molecule has 2 heterocycles. The molecule has 1 aliphatic rings. The molecule has 2 aromatic rings. The predicted octanol–water partition coefficient (Wildman–Crippen LogP) is 1.23. The zero-order valence-electron chi connectivity index (χ0n) is 10.3. The molecule has 0 radical (unpaired) electrons. The minimum Gasteiger partial charge on any atom is -0.397 e. The highest BCUT2D eigenvalue weighted by Crippen LogP contribution is 2.17. The molecular formula is C13H14N4O2. The second kappa shape index (κ2) is 4.74. The number of nitrogen functional groups attached to an aromatic ring is 1. The molecule has 1 aromatic heterocycles. The van der Waals surface area contributed by atoms with Crippen molar-refractivity contribution in [2.75, 3.05) is 18.9 Å². The van der Waals surface area contributed by atoms with Crippen LogP contribution in [0.25, 0.3) is 5.69 Å². The van der Waals surface area contributed by atoms with Gasteiger partial charge in [0.2, 0.25) is 0 Å². The number of carbonyl (C=O) groups excluding carboxylic acids is 1. The number of para-hydroxylation sites is 2. The Hall–Kier alpha value is -2.34. The summed E-state index contributed by atoms with van der Waals surface area (Å²) in [7, 11) is 0. The molecule has 2 N–H and O–H groups in total. The molecule has 19 heavy (non-hydrogen) atoms. The van der Waals surface area contributed by atoms with Gasteiger partial charge in [0.05, 0.1) is 24.5 Å². The first-order valence-corrected chi connectivity index (χ1v) is 6.11. The maximum absolute atomic E-state index is 12.1. The van der Waals surface area contributed by atoms with Gasteiger partial charge in [-0.2, -0.15) is 5.10 Å². The average Bonchev–Trinajstić information content (AvgIpc) is 3.10. The molecule has 0 spiro atoms. The highest BCUT2D eigenvalue weighted by atomic mass is 16.7. The Kier molecular flexibility index (Phi) is 2.92. The van der Waals surface area contributed by atoms with Crippen molar-refractivity contribution in [1.82, 2.24) is 14.8 Å². The van der Waals surface area contributed by atoms with E-state index in [2.05, 4.69) is 5.10 Å². The zero-order valence-corrected chi connectivity index (χ0v) is 10.3. The van der Waals surface area contributed by atoms with Crippen LogP contribution in [0.5, 0.6) is 0 Å². The fraction of sp³-hybridized carbons (Fsp3) is 0.231. The molecule has 6 heteroatoms. The van der Waals surface area contributed by atoms with E-state index in [4.69, 9.17) is 10.6 Å². The van der Waals surface area contributed by atoms with Crippen LogP contribution in [0.3, 0.4) is 0 Å². The van der Waals surface area contributed by atoms with Gasteiger partial charge in [-0.3, -0.25) is 9.63 Å². The second-order valence-corrected chi connectivity index (χ2v) is 4.30. The molecule has 1 aromatic carbocycles. The lowest BCUT2D eigenvalue weighted by molar-refractivity contribution is -0.0772. The van der Waals surface area contributed by atoms with Crippen molar-refractivity contribution >= 4 is 11.6 Å². The Morgan fingerprint density at radius 2 is 2.16 bits per heavy atom. The maximum Gasteiger partial charge on any atom is 0.297 e. The third kappa shape index (κ3) is 2.17. The predicted molar refractivity (Wildman–Crippen MR) is 69.6 cm³/mol. The summed E-state index contributed by atoms with van der Waals surface area (Å²) in [6.45, 7) is 1.19. The molecule has 0 atom stereocenters. The Morgan fingerprint density at radius 1 is 1.32 bits per heavy atom. The summed E-state index contributed by atoms with van der Waals surface area (Å²) in [6, 6.07) is 9.03. The third-order valence-corrected chi connectivity index (χ3v) is 2.97. The largest absolute Gasteiger partial charge is 0.397 e. The lowest BCUT2D eigenvalue weighted by Crippen LogP contribution is -2.27. The van der Waals surface area contributed by atoms with Crippen molar-refractivity contribution in [3.63, 3.8) is 0 Å². The number of benzene rings is 1. The minimum absolute atomic E-state index is 0.217. The summed E-state index contributed by atoms with van der Waals surface area (Å²) in [4.78, 5) is 17.3. The number of amides is 1. The monoisotopic (exact) mass is 258 g/mol. The highest BCUT2D eigenvalue weighted by Gasteiger charge is 2.23. The summed E-state index contributed by atoms with van der Waals surface area (Å²) in [5.74, 6) is -0.217. The fourth-order valence-electron chi connectivity index (χ4n) is 2.00. The normalized spacial score (nSPS) is 14.8. The van der Waals surface area contributed by atoms with Gasteiger partial charge in [-0.25, -0.2) is 9.75 Å². The van der Waals surface area contributed by atoms with Crippen molar-refractivity contribution in [1.29, 1.82) is 0 Å². The van der Waals surface area contributed by atoms with E-state index in [0.717, 1.165) is 12.1 Å². The lowest BCUT2D eigenvalue weighted by atomic mass is 10.3. The molecule has 0 unspecified atom stereocenters. The van der Waals surface area contributed by atoms with Gasteiger partial charge in [-0.15, -0.1) is 0 Å². The van der Waals surface area contributed by atoms with Crippen molar-refractivity contribution in [3.8, 4) is 5.69 Å². The van der Waals surface area contributed by atoms with E-state index in [1.54, 1.807) is 23.0 Å². The molecule has 1 aliphatic heterocycles. The van der Waals surface area contributed by atoms with Crippen LogP contribution in [-0.4, -0.2) is 33.9 Å². The second-order valence-electron chi connectivity index (χ2n) is 4.30. The number of nitrogens with two attached hydrogens (primary N) is 1. The van der Waals surface area contributed by atoms with Gasteiger partial charge >= 0.3 is 0 Å². The number of anilines is 1. The van der Waals surface area contributed by atoms with Crippen molar-refractivity contribution in [3.05, 3.63) is 42.2 Å². The van der Waals surface area contributed by atoms with Gasteiger partial charge in [-0.1, -0.05) is 12.1 Å². The zero-order chi connectivity index (χ0) is 13.2. The first kappa shape index (κ1) is 11.7. The van der Waals surface area contributed by atoms with Crippen molar-refractivity contribution in [2.24, 2.45) is 0 Å². The van der Waals surface area contributed by atoms with Gasteiger partial charge < -0.3 is 5.73 Å². The minimum atomic E-state index is -0.217. The number of hydrogen-bond acceptors (Lipinski definition) is 4. The number of aromatic nitrogens is 2. The number of carbonyl (C=O) groups is 1. The molecule has 1 saturated heterocycles. The number of hydroxylamine groups is 2. The van der Waals surface area contributed by atoms with Gasteiger partial charge in [0.15, 0.2) is 5.69 Å². The number of hydrogen-bond donors (Lipinski definition) is 1. The molecule has 0 aliphatic carbocycles.